The molecular weight excluding hydrogens is 200 g/mol. The third-order valence-electron chi connectivity index (χ3n) is 3.17. The molecule has 3 N–H and O–H groups in total. The number of anilines is 2. The second-order valence-electron chi connectivity index (χ2n) is 4.58. The van der Waals surface area contributed by atoms with Gasteiger partial charge < -0.3 is 15.8 Å². The van der Waals surface area contributed by atoms with Crippen molar-refractivity contribution in [1.82, 2.24) is 0 Å². The van der Waals surface area contributed by atoms with E-state index in [9.17, 15) is 0 Å². The highest BCUT2D eigenvalue weighted by Gasteiger charge is 2.19. The first-order valence-corrected chi connectivity index (χ1v) is 5.90. The Morgan fingerprint density at radius 1 is 1.44 bits per heavy atom. The number of nitrogen functional groups attached to an aromatic ring is 1. The summed E-state index contributed by atoms with van der Waals surface area (Å²) in [6.07, 6.45) is 2.45. The van der Waals surface area contributed by atoms with Gasteiger partial charge in [-0.25, -0.2) is 0 Å². The summed E-state index contributed by atoms with van der Waals surface area (Å²) < 4.78 is 5.53. The zero-order valence-corrected chi connectivity index (χ0v) is 9.99. The lowest BCUT2D eigenvalue weighted by Crippen LogP contribution is -2.32. The fraction of sp³-hybridized carbons (Fsp3) is 0.538. The number of rotatable bonds is 2. The van der Waals surface area contributed by atoms with E-state index in [1.165, 1.54) is 0 Å². The van der Waals surface area contributed by atoms with Gasteiger partial charge in [-0.1, -0.05) is 12.1 Å². The summed E-state index contributed by atoms with van der Waals surface area (Å²) in [7, 11) is 0. The van der Waals surface area contributed by atoms with E-state index >= 15 is 0 Å². The zero-order chi connectivity index (χ0) is 11.5. The standard InChI is InChI=1S/C13H20N2O/c1-9-4-3-5-12(13(9)14)15-11-6-7-16-10(2)8-11/h3-5,10-11,15H,6-8,14H2,1-2H3. The number of aryl methyl sites for hydroxylation is 1. The van der Waals surface area contributed by atoms with Crippen LogP contribution < -0.4 is 11.1 Å². The molecule has 1 heterocycles. The van der Waals surface area contributed by atoms with Crippen LogP contribution >= 0.6 is 0 Å². The van der Waals surface area contributed by atoms with Crippen LogP contribution in [0.1, 0.15) is 25.3 Å². The third kappa shape index (κ3) is 2.47. The van der Waals surface area contributed by atoms with Gasteiger partial charge in [0.15, 0.2) is 0 Å². The molecule has 0 spiro atoms. The van der Waals surface area contributed by atoms with Crippen LogP contribution in [0.15, 0.2) is 18.2 Å². The van der Waals surface area contributed by atoms with Gasteiger partial charge in [0, 0.05) is 12.6 Å². The topological polar surface area (TPSA) is 47.3 Å². The summed E-state index contributed by atoms with van der Waals surface area (Å²) in [4.78, 5) is 0. The summed E-state index contributed by atoms with van der Waals surface area (Å²) >= 11 is 0. The van der Waals surface area contributed by atoms with Crippen LogP contribution in [0.5, 0.6) is 0 Å². The van der Waals surface area contributed by atoms with Crippen LogP contribution in [-0.2, 0) is 4.74 Å². The number of nitrogens with one attached hydrogen (secondary N) is 1. The van der Waals surface area contributed by atoms with E-state index in [2.05, 4.69) is 12.2 Å². The van der Waals surface area contributed by atoms with Gasteiger partial charge in [0.25, 0.3) is 0 Å². The van der Waals surface area contributed by atoms with Crippen molar-refractivity contribution < 1.29 is 4.74 Å². The van der Waals surface area contributed by atoms with Crippen molar-refractivity contribution in [3.63, 3.8) is 0 Å². The zero-order valence-electron chi connectivity index (χ0n) is 9.99. The van der Waals surface area contributed by atoms with Gasteiger partial charge in [0.2, 0.25) is 0 Å². The fourth-order valence-electron chi connectivity index (χ4n) is 2.16. The predicted molar refractivity (Wildman–Crippen MR) is 67.7 cm³/mol. The summed E-state index contributed by atoms with van der Waals surface area (Å²) in [5.41, 5.74) is 9.09. The van der Waals surface area contributed by atoms with Crippen molar-refractivity contribution in [1.29, 1.82) is 0 Å². The molecule has 0 radical (unpaired) electrons. The highest BCUT2D eigenvalue weighted by molar-refractivity contribution is 5.69. The Hall–Kier alpha value is -1.22. The highest BCUT2D eigenvalue weighted by Crippen LogP contribution is 2.25. The molecule has 1 fully saturated rings. The first kappa shape index (κ1) is 11.3. The molecule has 1 aliphatic rings. The van der Waals surface area contributed by atoms with Crippen LogP contribution in [0.4, 0.5) is 11.4 Å². The quantitative estimate of drug-likeness (QED) is 0.753. The van der Waals surface area contributed by atoms with E-state index in [0.717, 1.165) is 36.4 Å². The van der Waals surface area contributed by atoms with Crippen molar-refractivity contribution >= 4 is 11.4 Å². The number of benzene rings is 1. The molecule has 2 atom stereocenters. The molecule has 1 aliphatic heterocycles. The van der Waals surface area contributed by atoms with Crippen molar-refractivity contribution in [3.05, 3.63) is 23.8 Å². The van der Waals surface area contributed by atoms with E-state index in [1.807, 2.05) is 25.1 Å². The van der Waals surface area contributed by atoms with Crippen molar-refractivity contribution in [2.75, 3.05) is 17.7 Å². The average molecular weight is 220 g/mol. The summed E-state index contributed by atoms with van der Waals surface area (Å²) in [6.45, 7) is 4.99. The van der Waals surface area contributed by atoms with Gasteiger partial charge in [-0.05, 0) is 38.3 Å². The van der Waals surface area contributed by atoms with E-state index in [-0.39, 0.29) is 0 Å². The molecule has 88 valence electrons. The Bertz CT molecular complexity index is 365. The Morgan fingerprint density at radius 2 is 2.25 bits per heavy atom. The van der Waals surface area contributed by atoms with Gasteiger partial charge in [-0.2, -0.15) is 0 Å². The smallest absolute Gasteiger partial charge is 0.0579 e. The Kier molecular flexibility index (Phi) is 3.34. The number of nitrogens with two attached hydrogens (primary N) is 1. The van der Waals surface area contributed by atoms with Crippen LogP contribution in [-0.4, -0.2) is 18.8 Å². The molecule has 0 aliphatic carbocycles. The fourth-order valence-corrected chi connectivity index (χ4v) is 2.16. The van der Waals surface area contributed by atoms with E-state index in [0.29, 0.717) is 12.1 Å². The number of ether oxygens (including phenoxy) is 1. The minimum Gasteiger partial charge on any atom is -0.397 e. The third-order valence-corrected chi connectivity index (χ3v) is 3.17. The second-order valence-corrected chi connectivity index (χ2v) is 4.58. The minimum atomic E-state index is 0.345. The van der Waals surface area contributed by atoms with Crippen LogP contribution in [0.25, 0.3) is 0 Å². The molecule has 2 rings (SSSR count). The molecule has 3 nitrogen and oxygen atoms in total. The summed E-state index contributed by atoms with van der Waals surface area (Å²) in [5.74, 6) is 0. The molecule has 0 bridgehead atoms. The molecule has 1 aromatic rings. The molecule has 1 saturated heterocycles. The van der Waals surface area contributed by atoms with Crippen LogP contribution in [0.2, 0.25) is 0 Å². The lowest BCUT2D eigenvalue weighted by atomic mass is 10.0. The predicted octanol–water partition coefficient (Wildman–Crippen LogP) is 2.56. The summed E-state index contributed by atoms with van der Waals surface area (Å²) in [5, 5.41) is 3.52. The van der Waals surface area contributed by atoms with Gasteiger partial charge in [-0.15, -0.1) is 0 Å². The lowest BCUT2D eigenvalue weighted by Gasteiger charge is -2.29. The van der Waals surface area contributed by atoms with E-state index < -0.39 is 0 Å². The maximum Gasteiger partial charge on any atom is 0.0579 e. The summed E-state index contributed by atoms with van der Waals surface area (Å²) in [6, 6.07) is 6.60. The molecule has 1 aromatic carbocycles. The Morgan fingerprint density at radius 3 is 3.00 bits per heavy atom. The van der Waals surface area contributed by atoms with E-state index in [4.69, 9.17) is 10.5 Å². The maximum atomic E-state index is 6.04. The largest absolute Gasteiger partial charge is 0.397 e. The monoisotopic (exact) mass is 220 g/mol. The van der Waals surface area contributed by atoms with Crippen molar-refractivity contribution in [2.45, 2.75) is 38.8 Å². The number of hydrogen-bond donors (Lipinski definition) is 2. The van der Waals surface area contributed by atoms with Crippen LogP contribution in [0.3, 0.4) is 0 Å². The molecular formula is C13H20N2O. The lowest BCUT2D eigenvalue weighted by molar-refractivity contribution is 0.0232. The normalized spacial score (nSPS) is 25.4. The molecule has 0 aromatic heterocycles. The minimum absolute atomic E-state index is 0.345. The van der Waals surface area contributed by atoms with E-state index in [1.54, 1.807) is 0 Å². The molecule has 3 heteroatoms. The number of para-hydroxylation sites is 1. The molecule has 0 amide bonds. The van der Waals surface area contributed by atoms with Crippen molar-refractivity contribution in [2.24, 2.45) is 0 Å². The van der Waals surface area contributed by atoms with Gasteiger partial charge in [0.1, 0.15) is 0 Å². The van der Waals surface area contributed by atoms with Crippen molar-refractivity contribution in [3.8, 4) is 0 Å². The van der Waals surface area contributed by atoms with Gasteiger partial charge in [-0.3, -0.25) is 0 Å². The van der Waals surface area contributed by atoms with Crippen LogP contribution in [0, 0.1) is 6.92 Å². The van der Waals surface area contributed by atoms with Gasteiger partial charge >= 0.3 is 0 Å². The first-order chi connectivity index (χ1) is 7.66. The SMILES string of the molecule is Cc1cccc(NC2CCOC(C)C2)c1N. The Balaban J connectivity index is 2.05. The maximum absolute atomic E-state index is 6.04. The molecule has 0 saturated carbocycles. The second kappa shape index (κ2) is 4.74. The first-order valence-electron chi connectivity index (χ1n) is 5.90. The highest BCUT2D eigenvalue weighted by atomic mass is 16.5. The Labute approximate surface area is 97.0 Å². The number of hydrogen-bond acceptors (Lipinski definition) is 3. The average Bonchev–Trinajstić information content (AvgIpc) is 2.25. The molecule has 16 heavy (non-hydrogen) atoms. The molecule has 2 unspecified atom stereocenters. The van der Waals surface area contributed by atoms with Gasteiger partial charge in [0.05, 0.1) is 17.5 Å².